The van der Waals surface area contributed by atoms with Gasteiger partial charge in [0.25, 0.3) is 6.29 Å². The molecule has 1 aliphatic heterocycles. The lowest BCUT2D eigenvalue weighted by molar-refractivity contribution is -0.230. The predicted molar refractivity (Wildman–Crippen MR) is 35.2 cm³/mol. The molecule has 1 heterocycles. The molecule has 0 saturated carbocycles. The monoisotopic (exact) mass is 179 g/mol. The molecule has 0 aromatic rings. The van der Waals surface area contributed by atoms with Gasteiger partial charge in [0, 0.05) is 0 Å². The Bertz CT molecular complexity index is 146. The van der Waals surface area contributed by atoms with E-state index in [1.54, 1.807) is 0 Å². The van der Waals surface area contributed by atoms with Crippen molar-refractivity contribution in [2.75, 3.05) is 6.61 Å². The molecule has 0 aromatic heterocycles. The van der Waals surface area contributed by atoms with Gasteiger partial charge in [-0.15, -0.1) is 0 Å². The lowest BCUT2D eigenvalue weighted by atomic mass is 10.00. The molecule has 0 bridgehead atoms. The molecule has 0 amide bonds. The third-order valence-corrected chi connectivity index (χ3v) is 1.76. The second-order valence-corrected chi connectivity index (χ2v) is 2.60. The van der Waals surface area contributed by atoms with Gasteiger partial charge in [-0.25, -0.2) is 0 Å². The fourth-order valence-corrected chi connectivity index (χ4v) is 0.993. The van der Waals surface area contributed by atoms with Crippen molar-refractivity contribution >= 4 is 0 Å². The van der Waals surface area contributed by atoms with Crippen LogP contribution in [0.25, 0.3) is 0 Å². The van der Waals surface area contributed by atoms with E-state index in [1.807, 2.05) is 0 Å². The van der Waals surface area contributed by atoms with Gasteiger partial charge < -0.3 is 30.3 Å². The maximum Gasteiger partial charge on any atom is 0.254 e. The van der Waals surface area contributed by atoms with Gasteiger partial charge >= 0.3 is 0 Å². The second-order valence-electron chi connectivity index (χ2n) is 2.60. The first-order chi connectivity index (χ1) is 5.57. The Morgan fingerprint density at radius 1 is 1.17 bits per heavy atom. The van der Waals surface area contributed by atoms with E-state index in [1.165, 1.54) is 0 Å². The van der Waals surface area contributed by atoms with E-state index < -0.39 is 37.3 Å². The zero-order valence-electron chi connectivity index (χ0n) is 6.16. The van der Waals surface area contributed by atoms with Gasteiger partial charge in [-0.05, 0) is 0 Å². The summed E-state index contributed by atoms with van der Waals surface area (Å²) >= 11 is 0. The first-order valence-electron chi connectivity index (χ1n) is 3.45. The van der Waals surface area contributed by atoms with Crippen molar-refractivity contribution in [3.05, 3.63) is 6.29 Å². The average molecular weight is 179 g/mol. The van der Waals surface area contributed by atoms with Crippen LogP contribution in [0, 0.1) is 6.29 Å². The minimum absolute atomic E-state index is 0.547. The van der Waals surface area contributed by atoms with E-state index in [9.17, 15) is 0 Å². The van der Waals surface area contributed by atoms with Gasteiger partial charge in [-0.3, -0.25) is 0 Å². The predicted octanol–water partition coefficient (Wildman–Crippen LogP) is -2.68. The molecule has 6 nitrogen and oxygen atoms in total. The van der Waals surface area contributed by atoms with Crippen LogP contribution in [-0.4, -0.2) is 56.6 Å². The summed E-state index contributed by atoms with van der Waals surface area (Å²) in [4.78, 5) is 0. The van der Waals surface area contributed by atoms with E-state index in [4.69, 9.17) is 25.5 Å². The molecule has 1 radical (unpaired) electrons. The standard InChI is InChI=1S/C6H11O6/c7-1-2-3(8)4(9)5(10)6(11)12-2/h2-5,7-11H,1H2/t2-,3-,4-,5-/m1/s1. The minimum Gasteiger partial charge on any atom is -0.394 e. The SMILES string of the molecule is OC[C@H]1O[C](O)[C@H](O)[C@H](O)[C@@H]1O. The van der Waals surface area contributed by atoms with Gasteiger partial charge in [-0.1, -0.05) is 0 Å². The molecule has 1 saturated heterocycles. The van der Waals surface area contributed by atoms with Crippen LogP contribution in [0.15, 0.2) is 0 Å². The largest absolute Gasteiger partial charge is 0.394 e. The van der Waals surface area contributed by atoms with Crippen molar-refractivity contribution in [2.45, 2.75) is 24.4 Å². The Morgan fingerprint density at radius 2 is 1.75 bits per heavy atom. The van der Waals surface area contributed by atoms with E-state index >= 15 is 0 Å². The zero-order valence-corrected chi connectivity index (χ0v) is 6.16. The lowest BCUT2D eigenvalue weighted by Crippen LogP contribution is -2.55. The Balaban J connectivity index is 2.63. The highest BCUT2D eigenvalue weighted by atomic mass is 16.6. The fraction of sp³-hybridized carbons (Fsp3) is 0.833. The fourth-order valence-electron chi connectivity index (χ4n) is 0.993. The maximum absolute atomic E-state index is 9.11. The van der Waals surface area contributed by atoms with Crippen LogP contribution in [-0.2, 0) is 4.74 Å². The highest BCUT2D eigenvalue weighted by Gasteiger charge is 2.43. The molecule has 0 aliphatic carbocycles. The van der Waals surface area contributed by atoms with E-state index in [0.29, 0.717) is 0 Å². The highest BCUT2D eigenvalue weighted by molar-refractivity contribution is 4.95. The van der Waals surface area contributed by atoms with Crippen LogP contribution >= 0.6 is 0 Å². The molecule has 6 heteroatoms. The molecule has 12 heavy (non-hydrogen) atoms. The molecule has 1 aliphatic rings. The van der Waals surface area contributed by atoms with Gasteiger partial charge in [0.05, 0.1) is 6.61 Å². The van der Waals surface area contributed by atoms with Crippen molar-refractivity contribution < 1.29 is 30.3 Å². The summed E-state index contributed by atoms with van der Waals surface area (Å²) in [5.74, 6) is 0. The molecule has 0 spiro atoms. The number of hydrogen-bond donors (Lipinski definition) is 5. The number of ether oxygens (including phenoxy) is 1. The van der Waals surface area contributed by atoms with Crippen molar-refractivity contribution in [3.63, 3.8) is 0 Å². The van der Waals surface area contributed by atoms with Crippen LogP contribution in [0.5, 0.6) is 0 Å². The van der Waals surface area contributed by atoms with Crippen molar-refractivity contribution in [1.82, 2.24) is 0 Å². The Kier molecular flexibility index (Phi) is 2.99. The molecular weight excluding hydrogens is 168 g/mol. The summed E-state index contributed by atoms with van der Waals surface area (Å²) in [6, 6.07) is 0. The summed E-state index contributed by atoms with van der Waals surface area (Å²) in [6.45, 7) is -0.547. The summed E-state index contributed by atoms with van der Waals surface area (Å²) in [7, 11) is 0. The van der Waals surface area contributed by atoms with Crippen LogP contribution in [0.4, 0.5) is 0 Å². The molecule has 4 atom stereocenters. The number of aliphatic hydroxyl groups is 5. The van der Waals surface area contributed by atoms with E-state index in [0.717, 1.165) is 0 Å². The third-order valence-electron chi connectivity index (χ3n) is 1.76. The second kappa shape index (κ2) is 3.65. The zero-order chi connectivity index (χ0) is 9.30. The molecule has 0 unspecified atom stereocenters. The van der Waals surface area contributed by atoms with Gasteiger partial charge in [0.2, 0.25) is 0 Å². The normalized spacial score (nSPS) is 44.8. The van der Waals surface area contributed by atoms with Gasteiger partial charge in [0.15, 0.2) is 0 Å². The summed E-state index contributed by atoms with van der Waals surface area (Å²) in [5.41, 5.74) is 0. The smallest absolute Gasteiger partial charge is 0.254 e. The maximum atomic E-state index is 9.11. The molecule has 5 N–H and O–H groups in total. The van der Waals surface area contributed by atoms with Crippen LogP contribution in [0.3, 0.4) is 0 Å². The van der Waals surface area contributed by atoms with Crippen LogP contribution in [0.1, 0.15) is 0 Å². The molecule has 1 fully saturated rings. The summed E-state index contributed by atoms with van der Waals surface area (Å²) in [6.07, 6.45) is -6.44. The minimum atomic E-state index is -1.62. The Labute approximate surface area is 68.6 Å². The van der Waals surface area contributed by atoms with Crippen LogP contribution in [0.2, 0.25) is 0 Å². The average Bonchev–Trinajstić information content (AvgIpc) is 2.08. The van der Waals surface area contributed by atoms with Crippen LogP contribution < -0.4 is 0 Å². The molecule has 0 aromatic carbocycles. The van der Waals surface area contributed by atoms with E-state index in [2.05, 4.69) is 4.74 Å². The summed E-state index contributed by atoms with van der Waals surface area (Å²) in [5, 5.41) is 44.5. The van der Waals surface area contributed by atoms with Crippen molar-refractivity contribution in [2.24, 2.45) is 0 Å². The first-order valence-corrected chi connectivity index (χ1v) is 3.45. The van der Waals surface area contributed by atoms with E-state index in [-0.39, 0.29) is 0 Å². The number of aliphatic hydroxyl groups excluding tert-OH is 5. The van der Waals surface area contributed by atoms with Gasteiger partial charge in [-0.2, -0.15) is 0 Å². The topological polar surface area (TPSA) is 110 Å². The summed E-state index contributed by atoms with van der Waals surface area (Å²) < 4.78 is 4.49. The molecule has 1 rings (SSSR count). The van der Waals surface area contributed by atoms with Crippen molar-refractivity contribution in [1.29, 1.82) is 0 Å². The number of rotatable bonds is 1. The third kappa shape index (κ3) is 1.58. The van der Waals surface area contributed by atoms with Crippen molar-refractivity contribution in [3.8, 4) is 0 Å². The highest BCUT2D eigenvalue weighted by Crippen LogP contribution is 2.23. The van der Waals surface area contributed by atoms with Gasteiger partial charge in [0.1, 0.15) is 24.4 Å². The molecule has 71 valence electrons. The Morgan fingerprint density at radius 3 is 2.25 bits per heavy atom. The number of hydrogen-bond acceptors (Lipinski definition) is 6. The first kappa shape index (κ1) is 9.85. The quantitative estimate of drug-likeness (QED) is 0.300. The lowest BCUT2D eigenvalue weighted by Gasteiger charge is -2.36. The Hall–Kier alpha value is -0.240. The molecular formula is C6H11O6.